The Labute approximate surface area is 176 Å². The van der Waals surface area contributed by atoms with Gasteiger partial charge in [0.25, 0.3) is 5.91 Å². The first-order valence-electron chi connectivity index (χ1n) is 9.22. The molecule has 2 heterocycles. The van der Waals surface area contributed by atoms with Gasteiger partial charge in [0.1, 0.15) is 5.82 Å². The van der Waals surface area contributed by atoms with Gasteiger partial charge in [-0.25, -0.2) is 14.2 Å². The molecule has 0 fully saturated rings. The van der Waals surface area contributed by atoms with Crippen LogP contribution in [-0.2, 0) is 16.1 Å². The number of hydrogen-bond donors (Lipinski definition) is 1. The minimum absolute atomic E-state index is 0.220. The molecule has 2 aromatic carbocycles. The minimum Gasteiger partial charge on any atom is -0.452 e. The quantitative estimate of drug-likeness (QED) is 0.464. The van der Waals surface area contributed by atoms with Crippen LogP contribution in [-0.4, -0.2) is 23.5 Å². The molecule has 7 heteroatoms. The van der Waals surface area contributed by atoms with Crippen molar-refractivity contribution in [2.45, 2.75) is 6.54 Å². The first-order chi connectivity index (χ1) is 14.6. The minimum atomic E-state index is -0.594. The highest BCUT2D eigenvalue weighted by molar-refractivity contribution is 7.13. The van der Waals surface area contributed by atoms with E-state index in [4.69, 9.17) is 4.74 Å². The maximum Gasteiger partial charge on any atom is 0.339 e. The third kappa shape index (κ3) is 4.52. The van der Waals surface area contributed by atoms with Crippen LogP contribution >= 0.6 is 11.3 Å². The van der Waals surface area contributed by atoms with Crippen LogP contribution in [0.1, 0.15) is 15.9 Å². The number of aromatic nitrogens is 1. The van der Waals surface area contributed by atoms with Crippen molar-refractivity contribution in [3.8, 4) is 10.6 Å². The number of pyridine rings is 1. The SMILES string of the molecule is O=C(COC(=O)c1cc(-c2cccs2)nc2ccccc12)NCc1ccc(F)cc1. The number of thiophene rings is 1. The Morgan fingerprint density at radius 1 is 1.03 bits per heavy atom. The number of halogens is 1. The summed E-state index contributed by atoms with van der Waals surface area (Å²) in [5, 5.41) is 5.25. The molecule has 1 amide bonds. The number of benzene rings is 2. The molecule has 0 aliphatic heterocycles. The molecule has 5 nitrogen and oxygen atoms in total. The Bertz CT molecular complexity index is 1190. The average molecular weight is 420 g/mol. The molecule has 0 saturated carbocycles. The molecule has 0 bridgehead atoms. The smallest absolute Gasteiger partial charge is 0.339 e. The number of rotatable bonds is 6. The number of ether oxygens (including phenoxy) is 1. The van der Waals surface area contributed by atoms with E-state index in [-0.39, 0.29) is 12.4 Å². The summed E-state index contributed by atoms with van der Waals surface area (Å²) in [7, 11) is 0. The fraction of sp³-hybridized carbons (Fsp3) is 0.0870. The van der Waals surface area contributed by atoms with Gasteiger partial charge < -0.3 is 10.1 Å². The Morgan fingerprint density at radius 2 is 1.83 bits per heavy atom. The second-order valence-electron chi connectivity index (χ2n) is 6.53. The Hall–Kier alpha value is -3.58. The standard InChI is InChI=1S/C23H17FN2O3S/c24-16-9-7-15(8-10-16)13-25-22(27)14-29-23(28)18-12-20(21-6-3-11-30-21)26-19-5-2-1-4-17(18)19/h1-12H,13-14H2,(H,25,27). The molecule has 1 N–H and O–H groups in total. The van der Waals surface area contributed by atoms with Crippen molar-refractivity contribution in [2.75, 3.05) is 6.61 Å². The van der Waals surface area contributed by atoms with E-state index in [1.807, 2.05) is 35.7 Å². The van der Waals surface area contributed by atoms with E-state index in [1.54, 1.807) is 24.3 Å². The number of esters is 1. The van der Waals surface area contributed by atoms with Gasteiger partial charge in [0.05, 0.1) is 21.7 Å². The molecular weight excluding hydrogens is 403 g/mol. The largest absolute Gasteiger partial charge is 0.452 e. The number of nitrogens with zero attached hydrogens (tertiary/aromatic N) is 1. The molecule has 2 aromatic heterocycles. The molecule has 0 saturated heterocycles. The number of nitrogens with one attached hydrogen (secondary N) is 1. The van der Waals surface area contributed by atoms with Gasteiger partial charge >= 0.3 is 5.97 Å². The van der Waals surface area contributed by atoms with Crippen LogP contribution in [0.15, 0.2) is 72.1 Å². The molecule has 0 aliphatic rings. The Morgan fingerprint density at radius 3 is 2.60 bits per heavy atom. The summed E-state index contributed by atoms with van der Waals surface area (Å²) in [5.41, 5.74) is 2.46. The van der Waals surface area contributed by atoms with E-state index in [0.717, 1.165) is 10.4 Å². The lowest BCUT2D eigenvalue weighted by atomic mass is 10.1. The van der Waals surface area contributed by atoms with E-state index in [9.17, 15) is 14.0 Å². The van der Waals surface area contributed by atoms with E-state index >= 15 is 0 Å². The van der Waals surface area contributed by atoms with Gasteiger partial charge in [-0.2, -0.15) is 0 Å². The highest BCUT2D eigenvalue weighted by atomic mass is 32.1. The lowest BCUT2D eigenvalue weighted by Gasteiger charge is -2.10. The average Bonchev–Trinajstić information content (AvgIpc) is 3.31. The molecule has 0 spiro atoms. The number of fused-ring (bicyclic) bond motifs is 1. The van der Waals surface area contributed by atoms with Gasteiger partial charge in [-0.05, 0) is 41.3 Å². The highest BCUT2D eigenvalue weighted by Gasteiger charge is 2.16. The van der Waals surface area contributed by atoms with Crippen molar-refractivity contribution in [1.82, 2.24) is 10.3 Å². The van der Waals surface area contributed by atoms with Gasteiger partial charge in [0.2, 0.25) is 0 Å². The van der Waals surface area contributed by atoms with Crippen LogP contribution in [0.2, 0.25) is 0 Å². The maximum atomic E-state index is 12.9. The summed E-state index contributed by atoms with van der Waals surface area (Å²) in [6, 6.07) is 18.6. The van der Waals surface area contributed by atoms with Gasteiger partial charge in [0.15, 0.2) is 6.61 Å². The summed E-state index contributed by atoms with van der Waals surface area (Å²) in [5.74, 6) is -1.38. The zero-order chi connectivity index (χ0) is 20.9. The third-order valence-electron chi connectivity index (χ3n) is 4.45. The fourth-order valence-corrected chi connectivity index (χ4v) is 3.64. The highest BCUT2D eigenvalue weighted by Crippen LogP contribution is 2.28. The van der Waals surface area contributed by atoms with E-state index in [0.29, 0.717) is 22.2 Å². The second kappa shape index (κ2) is 8.84. The van der Waals surface area contributed by atoms with Crippen molar-refractivity contribution in [1.29, 1.82) is 0 Å². The monoisotopic (exact) mass is 420 g/mol. The molecule has 4 rings (SSSR count). The van der Waals surface area contributed by atoms with Gasteiger partial charge in [0, 0.05) is 11.9 Å². The van der Waals surface area contributed by atoms with Crippen molar-refractivity contribution >= 4 is 34.1 Å². The summed E-state index contributed by atoms with van der Waals surface area (Å²) in [4.78, 5) is 30.4. The zero-order valence-corrected chi connectivity index (χ0v) is 16.6. The zero-order valence-electron chi connectivity index (χ0n) is 15.8. The van der Waals surface area contributed by atoms with E-state index < -0.39 is 18.5 Å². The summed E-state index contributed by atoms with van der Waals surface area (Å²) in [6.45, 7) is -0.192. The number of carbonyl (C=O) groups is 2. The summed E-state index contributed by atoms with van der Waals surface area (Å²) in [6.07, 6.45) is 0. The third-order valence-corrected chi connectivity index (χ3v) is 5.34. The Kier molecular flexibility index (Phi) is 5.81. The van der Waals surface area contributed by atoms with E-state index in [1.165, 1.54) is 23.5 Å². The molecule has 0 aliphatic carbocycles. The van der Waals surface area contributed by atoms with Crippen LogP contribution in [0.3, 0.4) is 0 Å². The first kappa shape index (κ1) is 19.7. The van der Waals surface area contributed by atoms with Crippen molar-refractivity contribution < 1.29 is 18.7 Å². The van der Waals surface area contributed by atoms with Gasteiger partial charge in [-0.3, -0.25) is 4.79 Å². The molecule has 30 heavy (non-hydrogen) atoms. The van der Waals surface area contributed by atoms with Crippen molar-refractivity contribution in [3.63, 3.8) is 0 Å². The predicted octanol–water partition coefficient (Wildman–Crippen LogP) is 4.58. The second-order valence-corrected chi connectivity index (χ2v) is 7.48. The van der Waals surface area contributed by atoms with Gasteiger partial charge in [-0.15, -0.1) is 11.3 Å². The number of para-hydroxylation sites is 1. The lowest BCUT2D eigenvalue weighted by molar-refractivity contribution is -0.124. The number of amides is 1. The van der Waals surface area contributed by atoms with Crippen LogP contribution in [0.4, 0.5) is 4.39 Å². The summed E-state index contributed by atoms with van der Waals surface area (Å²) < 4.78 is 18.2. The van der Waals surface area contributed by atoms with Crippen LogP contribution in [0, 0.1) is 5.82 Å². The van der Waals surface area contributed by atoms with Gasteiger partial charge in [-0.1, -0.05) is 36.4 Å². The summed E-state index contributed by atoms with van der Waals surface area (Å²) >= 11 is 1.53. The molecule has 0 radical (unpaired) electrons. The van der Waals surface area contributed by atoms with Crippen LogP contribution < -0.4 is 5.32 Å². The normalized spacial score (nSPS) is 10.7. The molecular formula is C23H17FN2O3S. The fourth-order valence-electron chi connectivity index (χ4n) is 2.96. The Balaban J connectivity index is 1.46. The van der Waals surface area contributed by atoms with Crippen molar-refractivity contribution in [2.24, 2.45) is 0 Å². The topological polar surface area (TPSA) is 68.3 Å². The molecule has 4 aromatic rings. The number of hydrogen-bond acceptors (Lipinski definition) is 5. The lowest BCUT2D eigenvalue weighted by Crippen LogP contribution is -2.28. The van der Waals surface area contributed by atoms with Crippen LogP contribution in [0.25, 0.3) is 21.5 Å². The predicted molar refractivity (Wildman–Crippen MR) is 114 cm³/mol. The first-order valence-corrected chi connectivity index (χ1v) is 10.1. The van der Waals surface area contributed by atoms with Crippen molar-refractivity contribution in [3.05, 3.63) is 89.1 Å². The maximum absolute atomic E-state index is 12.9. The van der Waals surface area contributed by atoms with Crippen LogP contribution in [0.5, 0.6) is 0 Å². The van der Waals surface area contributed by atoms with E-state index in [2.05, 4.69) is 10.3 Å². The molecule has 150 valence electrons. The molecule has 0 atom stereocenters. The number of carbonyl (C=O) groups excluding carboxylic acids is 2. The molecule has 0 unspecified atom stereocenters.